The van der Waals surface area contributed by atoms with Crippen molar-refractivity contribution in [2.45, 2.75) is 25.8 Å². The van der Waals surface area contributed by atoms with Gasteiger partial charge in [0.25, 0.3) is 5.91 Å². The Morgan fingerprint density at radius 1 is 1.65 bits per heavy atom. The summed E-state index contributed by atoms with van der Waals surface area (Å²) < 4.78 is 13.5. The van der Waals surface area contributed by atoms with Gasteiger partial charge < -0.3 is 5.32 Å². The third-order valence-corrected chi connectivity index (χ3v) is 3.21. The van der Waals surface area contributed by atoms with Gasteiger partial charge >= 0.3 is 0 Å². The molecule has 0 spiro atoms. The van der Waals surface area contributed by atoms with Crippen LogP contribution in [-0.4, -0.2) is 11.4 Å². The Kier molecular flexibility index (Phi) is 4.24. The van der Waals surface area contributed by atoms with E-state index in [1.165, 1.54) is 12.1 Å². The van der Waals surface area contributed by atoms with Crippen LogP contribution >= 0.6 is 15.9 Å². The number of carbonyl (C=O) groups excluding carboxylic acids is 1. The Balaban J connectivity index is 2.99. The predicted octanol–water partition coefficient (Wildman–Crippen LogP) is 3.01. The summed E-state index contributed by atoms with van der Waals surface area (Å²) in [5, 5.41) is 11.5. The molecule has 1 atom stereocenters. The van der Waals surface area contributed by atoms with Gasteiger partial charge in [-0.15, -0.1) is 0 Å². The van der Waals surface area contributed by atoms with E-state index < -0.39 is 17.3 Å². The highest BCUT2D eigenvalue weighted by atomic mass is 79.9. The van der Waals surface area contributed by atoms with E-state index in [0.717, 1.165) is 6.07 Å². The molecular formula is C12H12BrFN2O. The average molecular weight is 299 g/mol. The lowest BCUT2D eigenvalue weighted by atomic mass is 10.0. The van der Waals surface area contributed by atoms with Crippen LogP contribution in [0.25, 0.3) is 0 Å². The normalized spacial score (nSPS) is 13.6. The lowest BCUT2D eigenvalue weighted by molar-refractivity contribution is 0.0921. The van der Waals surface area contributed by atoms with Crippen LogP contribution in [0.3, 0.4) is 0 Å². The predicted molar refractivity (Wildman–Crippen MR) is 65.9 cm³/mol. The van der Waals surface area contributed by atoms with Crippen molar-refractivity contribution in [1.82, 2.24) is 5.32 Å². The zero-order valence-electron chi connectivity index (χ0n) is 9.55. The molecule has 0 fully saturated rings. The van der Waals surface area contributed by atoms with Crippen molar-refractivity contribution in [3.05, 3.63) is 34.1 Å². The third-order valence-electron chi connectivity index (χ3n) is 2.52. The molecule has 1 N–H and O–H groups in total. The van der Waals surface area contributed by atoms with E-state index >= 15 is 0 Å². The van der Waals surface area contributed by atoms with Crippen molar-refractivity contribution in [3.8, 4) is 6.07 Å². The second-order valence-corrected chi connectivity index (χ2v) is 4.73. The number of benzene rings is 1. The fourth-order valence-electron chi connectivity index (χ4n) is 1.18. The Hall–Kier alpha value is -1.41. The molecule has 0 aliphatic heterocycles. The molecule has 17 heavy (non-hydrogen) atoms. The van der Waals surface area contributed by atoms with E-state index in [4.69, 9.17) is 5.26 Å². The van der Waals surface area contributed by atoms with Crippen LogP contribution in [0.15, 0.2) is 22.7 Å². The zero-order chi connectivity index (χ0) is 13.1. The monoisotopic (exact) mass is 298 g/mol. The number of nitrogens with zero attached hydrogens (tertiary/aromatic N) is 1. The lowest BCUT2D eigenvalue weighted by Crippen LogP contribution is -2.44. The summed E-state index contributed by atoms with van der Waals surface area (Å²) in [7, 11) is 0. The molecule has 0 aromatic heterocycles. The molecule has 0 heterocycles. The van der Waals surface area contributed by atoms with E-state index in [-0.39, 0.29) is 5.56 Å². The number of amides is 1. The highest BCUT2D eigenvalue weighted by molar-refractivity contribution is 9.10. The number of hydrogen-bond acceptors (Lipinski definition) is 2. The minimum absolute atomic E-state index is 0.180. The number of rotatable bonds is 3. The third kappa shape index (κ3) is 3.27. The molecule has 1 unspecified atom stereocenters. The maximum atomic E-state index is 13.0. The van der Waals surface area contributed by atoms with Crippen LogP contribution in [0, 0.1) is 17.1 Å². The summed E-state index contributed by atoms with van der Waals surface area (Å²) in [6.45, 7) is 3.42. The molecule has 0 saturated heterocycles. The maximum Gasteiger partial charge on any atom is 0.253 e. The van der Waals surface area contributed by atoms with Crippen molar-refractivity contribution >= 4 is 21.8 Å². The molecule has 0 aliphatic carbocycles. The first kappa shape index (κ1) is 13.7. The molecule has 1 rings (SSSR count). The van der Waals surface area contributed by atoms with Crippen molar-refractivity contribution in [3.63, 3.8) is 0 Å². The van der Waals surface area contributed by atoms with E-state index in [9.17, 15) is 9.18 Å². The smallest absolute Gasteiger partial charge is 0.253 e. The zero-order valence-corrected chi connectivity index (χ0v) is 11.1. The topological polar surface area (TPSA) is 52.9 Å². The second-order valence-electron chi connectivity index (χ2n) is 3.88. The van der Waals surface area contributed by atoms with Gasteiger partial charge in [-0.25, -0.2) is 4.39 Å². The van der Waals surface area contributed by atoms with Crippen molar-refractivity contribution in [2.75, 3.05) is 0 Å². The Morgan fingerprint density at radius 3 is 2.82 bits per heavy atom. The first-order chi connectivity index (χ1) is 7.91. The average Bonchev–Trinajstić information content (AvgIpc) is 2.32. The van der Waals surface area contributed by atoms with Gasteiger partial charge in [0.2, 0.25) is 0 Å². The van der Waals surface area contributed by atoms with Crippen LogP contribution < -0.4 is 5.32 Å². The van der Waals surface area contributed by atoms with Gasteiger partial charge in [0, 0.05) is 4.47 Å². The number of nitriles is 1. The van der Waals surface area contributed by atoms with Crippen molar-refractivity contribution in [2.24, 2.45) is 0 Å². The largest absolute Gasteiger partial charge is 0.334 e. The highest BCUT2D eigenvalue weighted by Crippen LogP contribution is 2.19. The number of nitrogens with one attached hydrogen (secondary N) is 1. The lowest BCUT2D eigenvalue weighted by Gasteiger charge is -2.21. The summed E-state index contributed by atoms with van der Waals surface area (Å²) in [6.07, 6.45) is 0.474. The Labute approximate surface area is 108 Å². The van der Waals surface area contributed by atoms with Crippen LogP contribution in [0.4, 0.5) is 4.39 Å². The molecule has 0 aliphatic rings. The van der Waals surface area contributed by atoms with Crippen LogP contribution in [0.1, 0.15) is 30.6 Å². The second kappa shape index (κ2) is 5.28. The molecule has 3 nitrogen and oxygen atoms in total. The number of halogens is 2. The van der Waals surface area contributed by atoms with Gasteiger partial charge in [0.05, 0.1) is 11.6 Å². The van der Waals surface area contributed by atoms with Gasteiger partial charge in [0.15, 0.2) is 0 Å². The molecule has 0 bridgehead atoms. The molecule has 1 amide bonds. The standard InChI is InChI=1S/C12H12BrFN2O/c1-3-12(2,7-15)16-11(17)9-6-8(14)4-5-10(9)13/h4-6H,3H2,1-2H3,(H,16,17). The van der Waals surface area contributed by atoms with Crippen LogP contribution in [-0.2, 0) is 0 Å². The van der Waals surface area contributed by atoms with Gasteiger partial charge in [-0.1, -0.05) is 6.92 Å². The molecule has 0 radical (unpaired) electrons. The highest BCUT2D eigenvalue weighted by Gasteiger charge is 2.25. The summed E-state index contributed by atoms with van der Waals surface area (Å²) in [5.74, 6) is -0.962. The van der Waals surface area contributed by atoms with Crippen LogP contribution in [0.5, 0.6) is 0 Å². The Bertz CT molecular complexity index is 484. The fourth-order valence-corrected chi connectivity index (χ4v) is 1.61. The SMILES string of the molecule is CCC(C)(C#N)NC(=O)c1cc(F)ccc1Br. The van der Waals surface area contributed by atoms with Gasteiger partial charge in [-0.05, 0) is 47.5 Å². The summed E-state index contributed by atoms with van der Waals surface area (Å²) in [4.78, 5) is 11.9. The number of carbonyl (C=O) groups is 1. The van der Waals surface area contributed by atoms with E-state index in [0.29, 0.717) is 10.9 Å². The Morgan fingerprint density at radius 2 is 2.29 bits per heavy atom. The van der Waals surface area contributed by atoms with Gasteiger partial charge in [-0.3, -0.25) is 4.79 Å². The van der Waals surface area contributed by atoms with Gasteiger partial charge in [0.1, 0.15) is 11.4 Å². The molecule has 1 aromatic rings. The summed E-state index contributed by atoms with van der Waals surface area (Å²) >= 11 is 3.17. The molecule has 1 aromatic carbocycles. The summed E-state index contributed by atoms with van der Waals surface area (Å²) in [5.41, 5.74) is -0.761. The van der Waals surface area contributed by atoms with Crippen molar-refractivity contribution < 1.29 is 9.18 Å². The van der Waals surface area contributed by atoms with E-state index in [2.05, 4.69) is 21.2 Å². The fraction of sp³-hybridized carbons (Fsp3) is 0.333. The maximum absolute atomic E-state index is 13.0. The molecular weight excluding hydrogens is 287 g/mol. The van der Waals surface area contributed by atoms with Crippen molar-refractivity contribution in [1.29, 1.82) is 5.26 Å². The van der Waals surface area contributed by atoms with Crippen LogP contribution in [0.2, 0.25) is 0 Å². The molecule has 90 valence electrons. The van der Waals surface area contributed by atoms with E-state index in [1.807, 2.05) is 6.07 Å². The minimum atomic E-state index is -0.942. The first-order valence-electron chi connectivity index (χ1n) is 5.10. The quantitative estimate of drug-likeness (QED) is 0.932. The minimum Gasteiger partial charge on any atom is -0.334 e. The molecule has 0 saturated carbocycles. The molecule has 5 heteroatoms. The van der Waals surface area contributed by atoms with E-state index in [1.54, 1.807) is 13.8 Å². The first-order valence-corrected chi connectivity index (χ1v) is 5.90. The van der Waals surface area contributed by atoms with Gasteiger partial charge in [-0.2, -0.15) is 5.26 Å². The summed E-state index contributed by atoms with van der Waals surface area (Å²) in [6, 6.07) is 5.87. The number of hydrogen-bond donors (Lipinski definition) is 1.